The molecule has 0 bridgehead atoms. The van der Waals surface area contributed by atoms with Gasteiger partial charge in [-0.15, -0.1) is 0 Å². The predicted molar refractivity (Wildman–Crippen MR) is 123 cm³/mol. The molecule has 1 aliphatic carbocycles. The molecule has 148 valence electrons. The summed E-state index contributed by atoms with van der Waals surface area (Å²) in [5.41, 5.74) is 2.71. The third kappa shape index (κ3) is 4.97. The maximum absolute atomic E-state index is 12.6. The lowest BCUT2D eigenvalue weighted by molar-refractivity contribution is -0.416. The van der Waals surface area contributed by atoms with Gasteiger partial charge in [0.05, 0.1) is 28.7 Å². The van der Waals surface area contributed by atoms with Gasteiger partial charge in [0, 0.05) is 5.30 Å². The lowest BCUT2D eigenvalue weighted by Crippen LogP contribution is -2.27. The Morgan fingerprint density at radius 3 is 2.72 bits per heavy atom. The fraction of sp³-hybridized carbons (Fsp3) is 0.143. The summed E-state index contributed by atoms with van der Waals surface area (Å²) in [6.07, 6.45) is 8.67. The van der Waals surface area contributed by atoms with E-state index in [1.54, 1.807) is 38.7 Å². The van der Waals surface area contributed by atoms with Crippen LogP contribution in [-0.2, 0) is 8.99 Å². The van der Waals surface area contributed by atoms with E-state index in [0.717, 1.165) is 10.9 Å². The number of hydrogen-bond donors (Lipinski definition) is 1. The quantitative estimate of drug-likeness (QED) is 0.346. The van der Waals surface area contributed by atoms with Crippen molar-refractivity contribution in [1.82, 2.24) is 5.32 Å². The number of guanidine groups is 1. The third-order valence-corrected chi connectivity index (χ3v) is 6.06. The Morgan fingerprint density at radius 1 is 1.28 bits per heavy atom. The van der Waals surface area contributed by atoms with Gasteiger partial charge in [0.1, 0.15) is 7.14 Å². The number of carbonyl (C=O) groups excluding carboxylic acids is 1. The Labute approximate surface area is 174 Å². The molecule has 0 fully saturated rings. The van der Waals surface area contributed by atoms with Crippen LogP contribution in [0.5, 0.6) is 0 Å². The highest BCUT2D eigenvalue weighted by Crippen LogP contribution is 2.36. The molecule has 0 radical (unpaired) electrons. The molecule has 29 heavy (non-hydrogen) atoms. The van der Waals surface area contributed by atoms with Gasteiger partial charge >= 0.3 is 5.78 Å². The van der Waals surface area contributed by atoms with Gasteiger partial charge in [-0.3, -0.25) is 9.42 Å². The van der Waals surface area contributed by atoms with Gasteiger partial charge in [-0.2, -0.15) is 0 Å². The van der Waals surface area contributed by atoms with Crippen molar-refractivity contribution in [3.63, 3.8) is 0 Å². The smallest absolute Gasteiger partial charge is 0.323 e. The summed E-state index contributed by atoms with van der Waals surface area (Å²) in [6.45, 7) is 7.00. The van der Waals surface area contributed by atoms with Gasteiger partial charge in [0.2, 0.25) is 5.96 Å². The number of ketones is 1. The molecule has 3 rings (SSSR count). The van der Waals surface area contributed by atoms with Crippen LogP contribution in [0.25, 0.3) is 6.08 Å². The van der Waals surface area contributed by atoms with Crippen molar-refractivity contribution < 1.29 is 8.99 Å². The van der Waals surface area contributed by atoms with E-state index in [2.05, 4.69) is 27.0 Å². The predicted octanol–water partition coefficient (Wildman–Crippen LogP) is 3.64. The second-order valence-electron chi connectivity index (χ2n) is 6.65. The van der Waals surface area contributed by atoms with Crippen LogP contribution in [-0.4, -0.2) is 44.6 Å². The zero-order valence-electron chi connectivity index (χ0n) is 16.4. The first-order valence-corrected chi connectivity index (χ1v) is 11.7. The van der Waals surface area contributed by atoms with E-state index in [9.17, 15) is 4.57 Å². The molecule has 6 nitrogen and oxygen atoms in total. The van der Waals surface area contributed by atoms with Crippen LogP contribution in [0.1, 0.15) is 5.56 Å². The van der Waals surface area contributed by atoms with Crippen molar-refractivity contribution in [3.05, 3.63) is 70.7 Å². The molecular weight excluding hydrogens is 407 g/mol. The molecule has 0 spiro atoms. The third-order valence-electron chi connectivity index (χ3n) is 4.19. The maximum Gasteiger partial charge on any atom is 0.370 e. The first kappa shape index (κ1) is 20.9. The van der Waals surface area contributed by atoms with E-state index >= 15 is 0 Å². The topological polar surface area (TPSA) is 77.5 Å². The van der Waals surface area contributed by atoms with Crippen molar-refractivity contribution in [1.29, 1.82) is 0 Å². The van der Waals surface area contributed by atoms with Crippen LogP contribution in [0.2, 0.25) is 0 Å². The molecule has 0 amide bonds. The van der Waals surface area contributed by atoms with Gasteiger partial charge < -0.3 is 9.88 Å². The van der Waals surface area contributed by atoms with Gasteiger partial charge in [0.15, 0.2) is 5.71 Å². The minimum absolute atomic E-state index is 0.354. The summed E-state index contributed by atoms with van der Waals surface area (Å²) in [5.74, 6) is 0.903. The van der Waals surface area contributed by atoms with Crippen LogP contribution < -0.4 is 10.6 Å². The molecule has 0 aromatic heterocycles. The number of benzene rings is 1. The van der Waals surface area contributed by atoms with E-state index in [-0.39, 0.29) is 0 Å². The Balaban J connectivity index is 1.94. The number of allylic oxidation sites excluding steroid dienone is 4. The summed E-state index contributed by atoms with van der Waals surface area (Å²) >= 11 is 6.33. The number of nitrogens with zero attached hydrogens (tertiary/aromatic N) is 3. The standard InChI is InChI=1S/C21H21ClN4O2P/c1-23-15-9-10-17(19(12-15)28-2)25-21-24-13-16(22)18(26-21)11-14-7-5-6-8-20(14)29(3,4)27/h5-13H,1H2,2-4H3,(H,24,26)/q+1/b18-11+,25-17+. The highest BCUT2D eigenvalue weighted by atomic mass is 35.5. The average Bonchev–Trinajstić information content (AvgIpc) is 2.70. The second-order valence-corrected chi connectivity index (χ2v) is 10.2. The normalized spacial score (nSPS) is 21.0. The highest BCUT2D eigenvalue weighted by molar-refractivity contribution is 7.70. The molecule has 1 aromatic rings. The fourth-order valence-electron chi connectivity index (χ4n) is 2.79. The van der Waals surface area contributed by atoms with E-state index in [1.807, 2.05) is 30.3 Å². The van der Waals surface area contributed by atoms with Crippen LogP contribution in [0.15, 0.2) is 80.1 Å². The molecule has 1 aliphatic heterocycles. The molecule has 1 N–H and O–H groups in total. The molecule has 1 heterocycles. The Morgan fingerprint density at radius 2 is 2.03 bits per heavy atom. The Hall–Kier alpha value is -2.82. The van der Waals surface area contributed by atoms with Crippen LogP contribution in [0.4, 0.5) is 0 Å². The zero-order valence-corrected chi connectivity index (χ0v) is 18.0. The van der Waals surface area contributed by atoms with Crippen LogP contribution in [0.3, 0.4) is 0 Å². The number of hydrogen-bond acceptors (Lipinski definition) is 5. The molecule has 0 unspecified atom stereocenters. The zero-order chi connectivity index (χ0) is 21.0. The minimum Gasteiger partial charge on any atom is -0.323 e. The monoisotopic (exact) mass is 427 g/mol. The molecule has 0 atom stereocenters. The fourth-order valence-corrected chi connectivity index (χ4v) is 4.14. The van der Waals surface area contributed by atoms with E-state index < -0.39 is 7.14 Å². The average molecular weight is 428 g/mol. The molecule has 0 saturated heterocycles. The number of halogens is 1. The largest absolute Gasteiger partial charge is 0.370 e. The molecule has 0 saturated carbocycles. The maximum atomic E-state index is 12.6. The molecule has 2 aliphatic rings. The summed E-state index contributed by atoms with van der Waals surface area (Å²) in [6, 6.07) is 7.54. The van der Waals surface area contributed by atoms with Crippen molar-refractivity contribution in [3.8, 4) is 0 Å². The molecular formula is C21H21ClN4O2P+. The van der Waals surface area contributed by atoms with Gasteiger partial charge in [-0.1, -0.05) is 35.9 Å². The highest BCUT2D eigenvalue weighted by Gasteiger charge is 2.22. The Kier molecular flexibility index (Phi) is 6.26. The van der Waals surface area contributed by atoms with Crippen molar-refractivity contribution in [2.24, 2.45) is 15.0 Å². The van der Waals surface area contributed by atoms with Gasteiger partial charge in [-0.25, -0.2) is 9.98 Å². The lowest BCUT2D eigenvalue weighted by Gasteiger charge is -2.16. The second kappa shape index (κ2) is 8.68. The SMILES string of the molecule is C=NC1=CC(=[O+]C)/C(=N/C2=NC=C(Cl)/C(=C\c3ccccc3P(C)(C)=O)N2)C=C1. The minimum atomic E-state index is -2.45. The summed E-state index contributed by atoms with van der Waals surface area (Å²) in [5, 5.41) is 4.34. The summed E-state index contributed by atoms with van der Waals surface area (Å²) in [7, 11) is -0.891. The summed E-state index contributed by atoms with van der Waals surface area (Å²) in [4.78, 5) is 12.6. The number of nitrogens with one attached hydrogen (secondary N) is 1. The van der Waals surface area contributed by atoms with Gasteiger partial charge in [-0.05, 0) is 43.8 Å². The van der Waals surface area contributed by atoms with Crippen LogP contribution in [0, 0.1) is 0 Å². The lowest BCUT2D eigenvalue weighted by atomic mass is 10.1. The van der Waals surface area contributed by atoms with Crippen LogP contribution >= 0.6 is 18.7 Å². The Bertz CT molecular complexity index is 1120. The van der Waals surface area contributed by atoms with Crippen molar-refractivity contribution in [2.45, 2.75) is 0 Å². The first-order valence-electron chi connectivity index (χ1n) is 8.75. The summed E-state index contributed by atoms with van der Waals surface area (Å²) < 4.78 is 18.0. The number of aliphatic imine (C=N–C) groups is 3. The molecule has 1 aromatic carbocycles. The van der Waals surface area contributed by atoms with E-state index in [1.165, 1.54) is 6.20 Å². The van der Waals surface area contributed by atoms with E-state index in [0.29, 0.717) is 33.9 Å². The number of rotatable bonds is 3. The van der Waals surface area contributed by atoms with Crippen molar-refractivity contribution in [2.75, 3.05) is 20.4 Å². The first-order chi connectivity index (χ1) is 13.8. The van der Waals surface area contributed by atoms with Gasteiger partial charge in [0.25, 0.3) is 7.11 Å². The van der Waals surface area contributed by atoms with E-state index in [4.69, 9.17) is 16.0 Å². The molecule has 8 heteroatoms. The van der Waals surface area contributed by atoms with Crippen molar-refractivity contribution >= 4 is 54.3 Å².